The van der Waals surface area contributed by atoms with Crippen LogP contribution in [0, 0.1) is 17.8 Å². The van der Waals surface area contributed by atoms with E-state index in [0.29, 0.717) is 0 Å². The van der Waals surface area contributed by atoms with Crippen LogP contribution in [0.25, 0.3) is 0 Å². The lowest BCUT2D eigenvalue weighted by Gasteiger charge is -2.22. The van der Waals surface area contributed by atoms with E-state index in [9.17, 15) is 0 Å². The smallest absolute Gasteiger partial charge is 0.0391 e. The van der Waals surface area contributed by atoms with Gasteiger partial charge < -0.3 is 0 Å². The van der Waals surface area contributed by atoms with Crippen molar-refractivity contribution in [2.75, 3.05) is 0 Å². The number of hydrogen-bond donors (Lipinski definition) is 0. The zero-order chi connectivity index (χ0) is 17.3. The van der Waals surface area contributed by atoms with Gasteiger partial charge >= 0.3 is 0 Å². The Kier molecular flexibility index (Phi) is 16.8. The van der Waals surface area contributed by atoms with Gasteiger partial charge in [-0.15, -0.1) is 0 Å². The maximum atomic E-state index is 2.47. The first kappa shape index (κ1) is 23.0. The lowest BCUT2D eigenvalue weighted by molar-refractivity contribution is 0.293. The number of rotatable bonds is 12. The fourth-order valence-electron chi connectivity index (χ4n) is 3.97. The van der Waals surface area contributed by atoms with Crippen LogP contribution in [0.2, 0.25) is 0 Å². The summed E-state index contributed by atoms with van der Waals surface area (Å²) in [4.78, 5) is 0. The molecule has 23 heavy (non-hydrogen) atoms. The maximum absolute atomic E-state index is 2.47. The second kappa shape index (κ2) is 16.8. The van der Waals surface area contributed by atoms with E-state index in [1.165, 1.54) is 96.3 Å². The Hall–Kier alpha value is 0. The van der Waals surface area contributed by atoms with Crippen molar-refractivity contribution in [3.8, 4) is 0 Å². The molecule has 0 aliphatic heterocycles. The minimum Gasteiger partial charge on any atom is -0.0654 e. The summed E-state index contributed by atoms with van der Waals surface area (Å²) >= 11 is 0. The summed E-state index contributed by atoms with van der Waals surface area (Å²) < 4.78 is 0. The quantitative estimate of drug-likeness (QED) is 0.315. The Morgan fingerprint density at radius 1 is 0.739 bits per heavy atom. The summed E-state index contributed by atoms with van der Waals surface area (Å²) in [6.45, 7) is 11.8. The average Bonchev–Trinajstić information content (AvgIpc) is 3.03. The van der Waals surface area contributed by atoms with Gasteiger partial charge in [-0.05, 0) is 17.8 Å². The molecule has 0 radical (unpaired) electrons. The van der Waals surface area contributed by atoms with Gasteiger partial charge in [-0.1, -0.05) is 131 Å². The lowest BCUT2D eigenvalue weighted by atomic mass is 9.84. The Morgan fingerprint density at radius 3 is 1.78 bits per heavy atom. The fraction of sp³-hybridized carbons (Fsp3) is 1.00. The molecule has 0 saturated heterocycles. The first-order valence-corrected chi connectivity index (χ1v) is 11.2. The number of unbranched alkanes of at least 4 members (excludes halogenated alkanes) is 6. The predicted molar refractivity (Wildman–Crippen MR) is 108 cm³/mol. The van der Waals surface area contributed by atoms with Crippen LogP contribution in [0.5, 0.6) is 0 Å². The van der Waals surface area contributed by atoms with Crippen LogP contribution in [0.1, 0.15) is 131 Å². The molecule has 0 nitrogen and oxygen atoms in total. The fourth-order valence-corrected chi connectivity index (χ4v) is 3.97. The highest BCUT2D eigenvalue weighted by Crippen LogP contribution is 2.26. The highest BCUT2D eigenvalue weighted by atomic mass is 14.2. The molecule has 0 N–H and O–H groups in total. The van der Waals surface area contributed by atoms with Gasteiger partial charge in [0.1, 0.15) is 0 Å². The van der Waals surface area contributed by atoms with Gasteiger partial charge in [-0.3, -0.25) is 0 Å². The summed E-state index contributed by atoms with van der Waals surface area (Å²) in [6, 6.07) is 0. The first-order chi connectivity index (χ1) is 11.2. The predicted octanol–water partition coefficient (Wildman–Crippen LogP) is 8.79. The van der Waals surface area contributed by atoms with Gasteiger partial charge in [-0.2, -0.15) is 0 Å². The van der Waals surface area contributed by atoms with Crippen molar-refractivity contribution in [1.29, 1.82) is 0 Å². The van der Waals surface area contributed by atoms with Crippen molar-refractivity contribution in [2.24, 2.45) is 17.8 Å². The Labute approximate surface area is 149 Å². The van der Waals surface area contributed by atoms with E-state index in [1.54, 1.807) is 0 Å². The summed E-state index contributed by atoms with van der Waals surface area (Å²) in [5.74, 6) is 2.99. The molecular weight excluding hydrogens is 276 g/mol. The van der Waals surface area contributed by atoms with Crippen LogP contribution in [-0.4, -0.2) is 0 Å². The molecule has 1 aliphatic rings. The average molecular weight is 325 g/mol. The van der Waals surface area contributed by atoms with E-state index >= 15 is 0 Å². The minimum absolute atomic E-state index is 0.954. The molecular formula is C23H48. The molecule has 0 aromatic heterocycles. The molecule has 1 fully saturated rings. The van der Waals surface area contributed by atoms with E-state index in [2.05, 4.69) is 34.6 Å². The lowest BCUT2D eigenvalue weighted by Crippen LogP contribution is -2.11. The van der Waals surface area contributed by atoms with Crippen molar-refractivity contribution in [2.45, 2.75) is 131 Å². The molecule has 0 heteroatoms. The molecule has 1 saturated carbocycles. The highest BCUT2D eigenvalue weighted by Gasteiger charge is 2.14. The molecule has 0 bridgehead atoms. The molecule has 0 spiro atoms. The molecule has 0 aromatic rings. The Morgan fingerprint density at radius 2 is 1.30 bits per heavy atom. The normalized spacial score (nSPS) is 17.6. The van der Waals surface area contributed by atoms with Crippen molar-refractivity contribution in [3.63, 3.8) is 0 Å². The van der Waals surface area contributed by atoms with E-state index in [-0.39, 0.29) is 0 Å². The Balaban J connectivity index is 0.000000664. The third kappa shape index (κ3) is 14.1. The molecule has 0 aromatic carbocycles. The van der Waals surface area contributed by atoms with E-state index in [1.807, 2.05) is 0 Å². The van der Waals surface area contributed by atoms with Gasteiger partial charge in [0.25, 0.3) is 0 Å². The number of hydrogen-bond acceptors (Lipinski definition) is 0. The SMILES string of the molecule is CC1CCCC1.CCCCCCCCC(CC)C(C)CCCC. The van der Waals surface area contributed by atoms with Gasteiger partial charge in [0.05, 0.1) is 0 Å². The van der Waals surface area contributed by atoms with E-state index in [4.69, 9.17) is 0 Å². The van der Waals surface area contributed by atoms with Crippen LogP contribution in [0.15, 0.2) is 0 Å². The van der Waals surface area contributed by atoms with Gasteiger partial charge in [-0.25, -0.2) is 0 Å². The molecule has 2 unspecified atom stereocenters. The topological polar surface area (TPSA) is 0 Å². The van der Waals surface area contributed by atoms with Crippen LogP contribution in [0.3, 0.4) is 0 Å². The largest absolute Gasteiger partial charge is 0.0654 e. The highest BCUT2D eigenvalue weighted by molar-refractivity contribution is 4.65. The molecule has 140 valence electrons. The van der Waals surface area contributed by atoms with Crippen LogP contribution in [0.4, 0.5) is 0 Å². The zero-order valence-electron chi connectivity index (χ0n) is 17.3. The monoisotopic (exact) mass is 324 g/mol. The molecule has 2 atom stereocenters. The summed E-state index contributed by atoms with van der Waals surface area (Å²) in [6.07, 6.45) is 21.7. The van der Waals surface area contributed by atoms with Crippen LogP contribution in [-0.2, 0) is 0 Å². The summed E-state index contributed by atoms with van der Waals surface area (Å²) in [7, 11) is 0. The van der Waals surface area contributed by atoms with Crippen molar-refractivity contribution < 1.29 is 0 Å². The standard InChI is InChI=1S/C17H36.C6H12/c1-5-8-10-11-12-13-15-17(7-3)16(4)14-9-6-2;1-6-4-2-3-5-6/h16-17H,5-15H2,1-4H3;6H,2-5H2,1H3. The summed E-state index contributed by atoms with van der Waals surface area (Å²) in [5.41, 5.74) is 0. The van der Waals surface area contributed by atoms with Crippen LogP contribution >= 0.6 is 0 Å². The van der Waals surface area contributed by atoms with Crippen molar-refractivity contribution >= 4 is 0 Å². The molecule has 1 rings (SSSR count). The van der Waals surface area contributed by atoms with Gasteiger partial charge in [0.15, 0.2) is 0 Å². The van der Waals surface area contributed by atoms with Crippen LogP contribution < -0.4 is 0 Å². The molecule has 1 aliphatic carbocycles. The molecule has 0 heterocycles. The third-order valence-corrected chi connectivity index (χ3v) is 5.91. The second-order valence-electron chi connectivity index (χ2n) is 8.23. The van der Waals surface area contributed by atoms with Gasteiger partial charge in [0.2, 0.25) is 0 Å². The first-order valence-electron chi connectivity index (χ1n) is 11.2. The summed E-state index contributed by atoms with van der Waals surface area (Å²) in [5, 5.41) is 0. The van der Waals surface area contributed by atoms with Crippen molar-refractivity contribution in [1.82, 2.24) is 0 Å². The third-order valence-electron chi connectivity index (χ3n) is 5.91. The van der Waals surface area contributed by atoms with Crippen molar-refractivity contribution in [3.05, 3.63) is 0 Å². The molecule has 0 amide bonds. The van der Waals surface area contributed by atoms with E-state index < -0.39 is 0 Å². The minimum atomic E-state index is 0.954. The maximum Gasteiger partial charge on any atom is -0.0391 e. The van der Waals surface area contributed by atoms with E-state index in [0.717, 1.165) is 17.8 Å². The zero-order valence-corrected chi connectivity index (χ0v) is 17.3. The second-order valence-corrected chi connectivity index (χ2v) is 8.23. The van der Waals surface area contributed by atoms with Gasteiger partial charge in [0, 0.05) is 0 Å². The Bertz CT molecular complexity index is 214.